The van der Waals surface area contributed by atoms with Crippen molar-refractivity contribution in [3.63, 3.8) is 0 Å². The van der Waals surface area contributed by atoms with E-state index in [4.69, 9.17) is 40.0 Å². The van der Waals surface area contributed by atoms with Gasteiger partial charge < -0.3 is 44.2 Å². The molecule has 13 nitrogen and oxygen atoms in total. The highest BCUT2D eigenvalue weighted by Crippen LogP contribution is 2.37. The first-order chi connectivity index (χ1) is 22.7. The Balaban J connectivity index is 1.18. The summed E-state index contributed by atoms with van der Waals surface area (Å²) in [7, 11) is 1.27. The van der Waals surface area contributed by atoms with Gasteiger partial charge in [-0.05, 0) is 82.9 Å². The molecule has 248 valence electrons. The van der Waals surface area contributed by atoms with E-state index in [1.807, 2.05) is 18.2 Å². The number of allylic oxidation sites excluding steroid dienone is 1. The summed E-state index contributed by atoms with van der Waals surface area (Å²) >= 11 is 9.98. The monoisotopic (exact) mass is 730 g/mol. The van der Waals surface area contributed by atoms with Gasteiger partial charge in [0.25, 0.3) is 0 Å². The molecule has 3 aromatic rings. The van der Waals surface area contributed by atoms with Gasteiger partial charge in [0.2, 0.25) is 6.79 Å². The number of rotatable bonds is 13. The standard InChI is InChI=1S/C32H32BrClN4O9/c1-4-43-26-12-20(29-28(31(40)42-3)17(2)36-32(41)37-29)6-8-23(26)44-15-27(39)38-35-13-19-9-21(33)30(22(34)10-19)45-14-18-5-7-24-25(11-18)47-16-46-24/h5-13,27,29,38-39H,4,14-16H2,1-3H3,(H2,36,37,41)/b35-13-/t27-,29-/m1/s1. The predicted molar refractivity (Wildman–Crippen MR) is 175 cm³/mol. The van der Waals surface area contributed by atoms with E-state index in [1.54, 1.807) is 44.2 Å². The van der Waals surface area contributed by atoms with Crippen LogP contribution in [0.25, 0.3) is 0 Å². The highest BCUT2D eigenvalue weighted by molar-refractivity contribution is 9.10. The van der Waals surface area contributed by atoms with Crippen LogP contribution in [0, 0.1) is 0 Å². The lowest BCUT2D eigenvalue weighted by atomic mass is 9.95. The van der Waals surface area contributed by atoms with E-state index in [2.05, 4.69) is 37.1 Å². The van der Waals surface area contributed by atoms with Crippen LogP contribution in [0.5, 0.6) is 28.7 Å². The number of halogens is 2. The van der Waals surface area contributed by atoms with Gasteiger partial charge in [-0.25, -0.2) is 9.59 Å². The van der Waals surface area contributed by atoms with E-state index in [9.17, 15) is 14.7 Å². The zero-order valence-corrected chi connectivity index (χ0v) is 27.9. The Morgan fingerprint density at radius 3 is 2.72 bits per heavy atom. The molecule has 0 saturated carbocycles. The summed E-state index contributed by atoms with van der Waals surface area (Å²) in [5.41, 5.74) is 5.37. The first kappa shape index (κ1) is 33.7. The number of aliphatic hydroxyl groups is 1. The van der Waals surface area contributed by atoms with E-state index in [0.29, 0.717) is 61.7 Å². The van der Waals surface area contributed by atoms with Gasteiger partial charge >= 0.3 is 12.0 Å². The number of methoxy groups -OCH3 is 1. The lowest BCUT2D eigenvalue weighted by Gasteiger charge is -2.28. The van der Waals surface area contributed by atoms with Crippen LogP contribution in [0.4, 0.5) is 4.79 Å². The Morgan fingerprint density at radius 2 is 1.96 bits per heavy atom. The molecule has 0 aliphatic carbocycles. The van der Waals surface area contributed by atoms with Crippen molar-refractivity contribution in [1.29, 1.82) is 0 Å². The number of urea groups is 1. The van der Waals surface area contributed by atoms with Crippen LogP contribution in [0.15, 0.2) is 69.4 Å². The summed E-state index contributed by atoms with van der Waals surface area (Å²) in [5.74, 6) is 1.95. The largest absolute Gasteiger partial charge is 0.490 e. The summed E-state index contributed by atoms with van der Waals surface area (Å²) in [4.78, 5) is 24.6. The van der Waals surface area contributed by atoms with E-state index in [1.165, 1.54) is 13.3 Å². The molecule has 3 aromatic carbocycles. The Labute approximate surface area is 283 Å². The Hall–Kier alpha value is -4.66. The lowest BCUT2D eigenvalue weighted by molar-refractivity contribution is -0.136. The third-order valence-electron chi connectivity index (χ3n) is 6.95. The number of ether oxygens (including phenoxy) is 6. The second-order valence-electron chi connectivity index (χ2n) is 10.2. The fourth-order valence-electron chi connectivity index (χ4n) is 4.80. The Morgan fingerprint density at radius 1 is 1.15 bits per heavy atom. The minimum Gasteiger partial charge on any atom is -0.490 e. The quantitative estimate of drug-likeness (QED) is 0.0823. The molecule has 0 fully saturated rings. The SMILES string of the molecule is CCOc1cc([C@H]2NC(=O)NC(C)=C2C(=O)OC)ccc1OC[C@@H](O)N/N=C\c1cc(Cl)c(OCc2ccc3c(c2)OCO3)c(Br)c1. The third kappa shape index (κ3) is 8.20. The van der Waals surface area contributed by atoms with E-state index < -0.39 is 24.3 Å². The van der Waals surface area contributed by atoms with Gasteiger partial charge in [0, 0.05) is 5.70 Å². The van der Waals surface area contributed by atoms with Crippen molar-refractivity contribution in [3.8, 4) is 28.7 Å². The molecule has 0 unspecified atom stereocenters. The molecule has 0 spiro atoms. The van der Waals surface area contributed by atoms with Gasteiger partial charge in [0.05, 0.1) is 41.0 Å². The van der Waals surface area contributed by atoms with Crippen molar-refractivity contribution in [1.82, 2.24) is 16.1 Å². The zero-order chi connectivity index (χ0) is 33.5. The maximum atomic E-state index is 12.5. The molecule has 2 amide bonds. The molecule has 2 atom stereocenters. The summed E-state index contributed by atoms with van der Waals surface area (Å²) in [5, 5.41) is 20.2. The number of nitrogens with one attached hydrogen (secondary N) is 3. The number of hydrogen-bond donors (Lipinski definition) is 4. The zero-order valence-electron chi connectivity index (χ0n) is 25.6. The first-order valence-electron chi connectivity index (χ1n) is 14.4. The van der Waals surface area contributed by atoms with Crippen molar-refractivity contribution in [3.05, 3.63) is 86.0 Å². The molecule has 0 bridgehead atoms. The number of nitrogens with zero attached hydrogens (tertiary/aromatic N) is 1. The van der Waals surface area contributed by atoms with Crippen molar-refractivity contribution < 1.29 is 43.1 Å². The minimum absolute atomic E-state index is 0.176. The second kappa shape index (κ2) is 15.3. The average Bonchev–Trinajstić information content (AvgIpc) is 3.51. The van der Waals surface area contributed by atoms with Crippen LogP contribution in [0.3, 0.4) is 0 Å². The van der Waals surface area contributed by atoms with Crippen LogP contribution < -0.4 is 39.7 Å². The molecule has 0 radical (unpaired) electrons. The summed E-state index contributed by atoms with van der Waals surface area (Å²) in [6.45, 7) is 4.04. The maximum absolute atomic E-state index is 12.5. The number of esters is 1. The fraction of sp³-hybridized carbons (Fsp3) is 0.281. The Bertz CT molecular complexity index is 1690. The predicted octanol–water partition coefficient (Wildman–Crippen LogP) is 4.93. The van der Waals surface area contributed by atoms with Gasteiger partial charge in [-0.1, -0.05) is 23.7 Å². The molecular formula is C32H32BrClN4O9. The molecule has 4 N–H and O–H groups in total. The van der Waals surface area contributed by atoms with Crippen LogP contribution >= 0.6 is 27.5 Å². The van der Waals surface area contributed by atoms with Crippen molar-refractivity contribution in [2.45, 2.75) is 32.7 Å². The van der Waals surface area contributed by atoms with Crippen LogP contribution in [-0.4, -0.2) is 56.7 Å². The molecule has 0 aromatic heterocycles. The molecule has 2 aliphatic rings. The molecule has 2 aliphatic heterocycles. The third-order valence-corrected chi connectivity index (χ3v) is 7.82. The lowest BCUT2D eigenvalue weighted by Crippen LogP contribution is -2.45. The molecule has 47 heavy (non-hydrogen) atoms. The van der Waals surface area contributed by atoms with Crippen LogP contribution in [0.1, 0.15) is 36.6 Å². The van der Waals surface area contributed by atoms with Crippen molar-refractivity contribution in [2.24, 2.45) is 5.10 Å². The van der Waals surface area contributed by atoms with Crippen LogP contribution in [0.2, 0.25) is 5.02 Å². The topological polar surface area (TPSA) is 158 Å². The van der Waals surface area contributed by atoms with E-state index in [-0.39, 0.29) is 25.6 Å². The summed E-state index contributed by atoms with van der Waals surface area (Å²) in [6, 6.07) is 12.8. The second-order valence-corrected chi connectivity index (χ2v) is 11.5. The van der Waals surface area contributed by atoms with Gasteiger partial charge in [0.15, 0.2) is 35.0 Å². The molecule has 0 saturated heterocycles. The Kier molecular flexibility index (Phi) is 11.0. The maximum Gasteiger partial charge on any atom is 0.337 e. The number of carbonyl (C=O) groups is 2. The van der Waals surface area contributed by atoms with Crippen LogP contribution in [-0.2, 0) is 16.1 Å². The molecule has 2 heterocycles. The van der Waals surface area contributed by atoms with Gasteiger partial charge in [-0.3, -0.25) is 5.43 Å². The number of amides is 2. The molecule has 15 heteroatoms. The summed E-state index contributed by atoms with van der Waals surface area (Å²) in [6.07, 6.45) is 0.313. The fourth-order valence-corrected chi connectivity index (χ4v) is 5.79. The van der Waals surface area contributed by atoms with Gasteiger partial charge in [0.1, 0.15) is 13.2 Å². The molecule has 5 rings (SSSR count). The number of carbonyl (C=O) groups excluding carboxylic acids is 2. The normalized spacial score (nSPS) is 16.0. The van der Waals surface area contributed by atoms with E-state index in [0.717, 1.165) is 5.56 Å². The van der Waals surface area contributed by atoms with Crippen molar-refractivity contribution in [2.75, 3.05) is 27.1 Å². The van der Waals surface area contributed by atoms with Gasteiger partial charge in [-0.15, -0.1) is 0 Å². The minimum atomic E-state index is -1.18. The number of fused-ring (bicyclic) bond motifs is 1. The smallest absolute Gasteiger partial charge is 0.337 e. The number of benzene rings is 3. The summed E-state index contributed by atoms with van der Waals surface area (Å²) < 4.78 is 33.8. The highest BCUT2D eigenvalue weighted by atomic mass is 79.9. The van der Waals surface area contributed by atoms with Crippen molar-refractivity contribution >= 4 is 45.7 Å². The first-order valence-corrected chi connectivity index (χ1v) is 15.6. The number of hydrogen-bond acceptors (Lipinski definition) is 11. The number of aliphatic hydroxyl groups excluding tert-OH is 1. The molecular weight excluding hydrogens is 700 g/mol. The average molecular weight is 732 g/mol. The van der Waals surface area contributed by atoms with E-state index >= 15 is 0 Å². The highest BCUT2D eigenvalue weighted by Gasteiger charge is 2.32. The van der Waals surface area contributed by atoms with Gasteiger partial charge in [-0.2, -0.15) is 5.10 Å². The number of hydrazone groups is 1.